The first-order valence-electron chi connectivity index (χ1n) is 3.68. The molecule has 0 saturated heterocycles. The minimum absolute atomic E-state index is 1.04. The van der Waals surface area contributed by atoms with E-state index < -0.39 is 0 Å². The minimum Gasteiger partial charge on any atom is -0.115 e. The molecule has 0 bridgehead atoms. The molecule has 0 saturated carbocycles. The van der Waals surface area contributed by atoms with Gasteiger partial charge in [0.2, 0.25) is 0 Å². The maximum absolute atomic E-state index is 5.30. The highest BCUT2D eigenvalue weighted by atomic mass is 14.1. The van der Waals surface area contributed by atoms with Gasteiger partial charge in [0.1, 0.15) is 0 Å². The molecule has 0 spiro atoms. The Kier molecular flexibility index (Phi) is 2.59. The molecule has 0 fully saturated rings. The molecule has 0 heteroatoms. The minimum atomic E-state index is 1.04. The predicted octanol–water partition coefficient (Wildman–Crippen LogP) is 2.60. The number of terminal acetylenes is 1. The second-order valence-corrected chi connectivity index (χ2v) is 2.47. The lowest BCUT2D eigenvalue weighted by Gasteiger charge is -1.89. The van der Waals surface area contributed by atoms with Crippen LogP contribution in [0.2, 0.25) is 0 Å². The average Bonchev–Trinajstić information content (AvgIpc) is 2.47. The summed E-state index contributed by atoms with van der Waals surface area (Å²) in [6.45, 7) is 3.43. The van der Waals surface area contributed by atoms with Crippen molar-refractivity contribution in [2.45, 2.75) is 19.3 Å². The lowest BCUT2D eigenvalue weighted by molar-refractivity contribution is 0.908. The second-order valence-electron chi connectivity index (χ2n) is 2.47. The molecule has 0 nitrogen and oxygen atoms in total. The predicted molar refractivity (Wildman–Crippen MR) is 46.9 cm³/mol. The SMILES string of the molecule is C#CC1=C(C=C=C=C)CCC1. The highest BCUT2D eigenvalue weighted by molar-refractivity contribution is 5.39. The van der Waals surface area contributed by atoms with Crippen molar-refractivity contribution in [3.05, 3.63) is 35.3 Å². The van der Waals surface area contributed by atoms with Crippen molar-refractivity contribution in [2.75, 3.05) is 0 Å². The Morgan fingerprint density at radius 2 is 2.27 bits per heavy atom. The third-order valence-electron chi connectivity index (χ3n) is 1.78. The van der Waals surface area contributed by atoms with Crippen molar-refractivity contribution in [2.24, 2.45) is 0 Å². The first-order valence-corrected chi connectivity index (χ1v) is 3.68. The molecule has 0 aromatic heterocycles. The molecule has 0 N–H and O–H groups in total. The summed E-state index contributed by atoms with van der Waals surface area (Å²) in [4.78, 5) is 0. The van der Waals surface area contributed by atoms with Crippen LogP contribution in [0.4, 0.5) is 0 Å². The lowest BCUT2D eigenvalue weighted by Crippen LogP contribution is -1.73. The zero-order valence-corrected chi connectivity index (χ0v) is 6.48. The number of hydrogen-bond acceptors (Lipinski definition) is 0. The van der Waals surface area contributed by atoms with E-state index >= 15 is 0 Å². The van der Waals surface area contributed by atoms with Crippen molar-refractivity contribution in [3.63, 3.8) is 0 Å². The monoisotopic (exact) mass is 142 g/mol. The van der Waals surface area contributed by atoms with E-state index in [1.165, 1.54) is 12.0 Å². The van der Waals surface area contributed by atoms with E-state index in [-0.39, 0.29) is 0 Å². The lowest BCUT2D eigenvalue weighted by atomic mass is 10.1. The van der Waals surface area contributed by atoms with Crippen LogP contribution in [0.1, 0.15) is 19.3 Å². The molecule has 0 aromatic carbocycles. The molecule has 0 radical (unpaired) electrons. The van der Waals surface area contributed by atoms with Gasteiger partial charge in [-0.1, -0.05) is 17.4 Å². The molecule has 0 unspecified atom stereocenters. The summed E-state index contributed by atoms with van der Waals surface area (Å²) in [6, 6.07) is 0. The molecule has 54 valence electrons. The van der Waals surface area contributed by atoms with Gasteiger partial charge in [0, 0.05) is 5.57 Å². The van der Waals surface area contributed by atoms with Gasteiger partial charge in [0.05, 0.1) is 0 Å². The van der Waals surface area contributed by atoms with Gasteiger partial charge in [-0.2, -0.15) is 0 Å². The molecule has 0 aliphatic heterocycles. The Bertz CT molecular complexity index is 297. The van der Waals surface area contributed by atoms with Crippen molar-refractivity contribution in [1.82, 2.24) is 0 Å². The van der Waals surface area contributed by atoms with Crippen LogP contribution in [0.5, 0.6) is 0 Å². The fourth-order valence-corrected chi connectivity index (χ4v) is 1.23. The van der Waals surface area contributed by atoms with Crippen LogP contribution in [0.3, 0.4) is 0 Å². The molecule has 1 rings (SSSR count). The number of allylic oxidation sites excluding steroid dienone is 3. The van der Waals surface area contributed by atoms with Gasteiger partial charge in [0.15, 0.2) is 0 Å². The summed E-state index contributed by atoms with van der Waals surface area (Å²) in [5, 5.41) is 0. The van der Waals surface area contributed by atoms with E-state index in [1.807, 2.05) is 6.08 Å². The molecule has 0 heterocycles. The molecular weight excluding hydrogens is 132 g/mol. The smallest absolute Gasteiger partial charge is 0.00561 e. The summed E-state index contributed by atoms with van der Waals surface area (Å²) < 4.78 is 0. The van der Waals surface area contributed by atoms with E-state index in [1.54, 1.807) is 0 Å². The molecule has 0 aromatic rings. The third-order valence-corrected chi connectivity index (χ3v) is 1.78. The Labute approximate surface area is 67.6 Å². The normalized spacial score (nSPS) is 15.2. The van der Waals surface area contributed by atoms with Crippen molar-refractivity contribution in [1.29, 1.82) is 0 Å². The van der Waals surface area contributed by atoms with Gasteiger partial charge in [0.25, 0.3) is 0 Å². The first-order chi connectivity index (χ1) is 5.38. The molecule has 1 aliphatic carbocycles. The van der Waals surface area contributed by atoms with Crippen LogP contribution in [-0.2, 0) is 0 Å². The van der Waals surface area contributed by atoms with Crippen LogP contribution < -0.4 is 0 Å². The summed E-state index contributed by atoms with van der Waals surface area (Å²) in [6.07, 6.45) is 10.5. The average molecular weight is 142 g/mol. The standard InChI is InChI=1S/C11H10/c1-3-5-7-11-9-6-8-10(11)4-2/h2,7H,1,6,8-9H2. The Hall–Kier alpha value is -1.40. The Balaban J connectivity index is 2.94. The summed E-state index contributed by atoms with van der Waals surface area (Å²) in [5.74, 6) is 2.68. The quantitative estimate of drug-likeness (QED) is 0.390. The van der Waals surface area contributed by atoms with Crippen LogP contribution in [0.25, 0.3) is 0 Å². The molecule has 0 atom stereocenters. The number of rotatable bonds is 1. The largest absolute Gasteiger partial charge is 0.115 e. The van der Waals surface area contributed by atoms with E-state index in [4.69, 9.17) is 6.42 Å². The molecular formula is C11H10. The molecule has 1 aliphatic rings. The third kappa shape index (κ3) is 1.76. The van der Waals surface area contributed by atoms with Gasteiger partial charge in [-0.15, -0.1) is 6.42 Å². The van der Waals surface area contributed by atoms with Gasteiger partial charge >= 0.3 is 0 Å². The van der Waals surface area contributed by atoms with Crippen molar-refractivity contribution >= 4 is 0 Å². The Morgan fingerprint density at radius 1 is 1.45 bits per heavy atom. The second kappa shape index (κ2) is 3.69. The molecule has 0 amide bonds. The molecule has 11 heavy (non-hydrogen) atoms. The van der Waals surface area contributed by atoms with Crippen molar-refractivity contribution < 1.29 is 0 Å². The van der Waals surface area contributed by atoms with Crippen LogP contribution in [-0.4, -0.2) is 0 Å². The van der Waals surface area contributed by atoms with Gasteiger partial charge in [-0.3, -0.25) is 0 Å². The first kappa shape index (κ1) is 7.70. The zero-order valence-electron chi connectivity index (χ0n) is 6.48. The van der Waals surface area contributed by atoms with E-state index in [2.05, 4.69) is 24.0 Å². The van der Waals surface area contributed by atoms with Gasteiger partial charge in [-0.05, 0) is 37.5 Å². The fourth-order valence-electron chi connectivity index (χ4n) is 1.23. The van der Waals surface area contributed by atoms with E-state index in [9.17, 15) is 0 Å². The van der Waals surface area contributed by atoms with E-state index in [0.29, 0.717) is 0 Å². The number of hydrogen-bond donors (Lipinski definition) is 0. The summed E-state index contributed by atoms with van der Waals surface area (Å²) in [7, 11) is 0. The maximum Gasteiger partial charge on any atom is 0.00561 e. The Morgan fingerprint density at radius 3 is 2.91 bits per heavy atom. The summed E-state index contributed by atoms with van der Waals surface area (Å²) in [5.41, 5.74) is 7.74. The zero-order chi connectivity index (χ0) is 8.10. The maximum atomic E-state index is 5.30. The highest BCUT2D eigenvalue weighted by Crippen LogP contribution is 2.25. The highest BCUT2D eigenvalue weighted by Gasteiger charge is 2.08. The van der Waals surface area contributed by atoms with Crippen LogP contribution in [0.15, 0.2) is 35.3 Å². The van der Waals surface area contributed by atoms with Crippen LogP contribution >= 0.6 is 0 Å². The van der Waals surface area contributed by atoms with Crippen LogP contribution in [0, 0.1) is 12.3 Å². The van der Waals surface area contributed by atoms with Crippen molar-refractivity contribution in [3.8, 4) is 12.3 Å². The topological polar surface area (TPSA) is 0 Å². The van der Waals surface area contributed by atoms with Gasteiger partial charge < -0.3 is 0 Å². The summed E-state index contributed by atoms with van der Waals surface area (Å²) >= 11 is 0. The van der Waals surface area contributed by atoms with E-state index in [0.717, 1.165) is 18.4 Å². The van der Waals surface area contributed by atoms with Gasteiger partial charge in [-0.25, -0.2) is 0 Å². The fraction of sp³-hybridized carbons (Fsp3) is 0.273.